The average molecular weight is 766 g/mol. The van der Waals surface area contributed by atoms with E-state index in [2.05, 4.69) is 0 Å². The van der Waals surface area contributed by atoms with Gasteiger partial charge >= 0.3 is 5.97 Å². The van der Waals surface area contributed by atoms with Crippen LogP contribution >= 0.6 is 0 Å². The van der Waals surface area contributed by atoms with Crippen LogP contribution in [-0.2, 0) is 42.7 Å². The lowest BCUT2D eigenvalue weighted by Crippen LogP contribution is -2.68. The molecular weight excluding hydrogens is 714 g/mol. The van der Waals surface area contributed by atoms with Gasteiger partial charge in [-0.25, -0.2) is 4.79 Å². The Balaban J connectivity index is 1.42. The monoisotopic (exact) mass is 765 g/mol. The van der Waals surface area contributed by atoms with Gasteiger partial charge in [-0.05, 0) is 25.8 Å². The molecule has 23 heteroatoms. The van der Waals surface area contributed by atoms with Gasteiger partial charge in [0.15, 0.2) is 31.3 Å². The number of aliphatic hydroxyl groups is 12. The number of hydrogen-bond donors (Lipinski definition) is 14. The van der Waals surface area contributed by atoms with Crippen molar-refractivity contribution < 1.29 is 109 Å². The van der Waals surface area contributed by atoms with Crippen LogP contribution < -0.4 is 5.73 Å². The van der Waals surface area contributed by atoms with Crippen LogP contribution in [0.25, 0.3) is 0 Å². The zero-order valence-electron chi connectivity index (χ0n) is 27.8. The number of aliphatic carboxylic acids is 1. The predicted octanol–water partition coefficient (Wildman–Crippen LogP) is -8.50. The second kappa shape index (κ2) is 19.5. The van der Waals surface area contributed by atoms with E-state index in [1.807, 2.05) is 0 Å². The highest BCUT2D eigenvalue weighted by Crippen LogP contribution is 2.34. The van der Waals surface area contributed by atoms with Crippen molar-refractivity contribution >= 4 is 5.97 Å². The fourth-order valence-electron chi connectivity index (χ4n) is 6.26. The summed E-state index contributed by atoms with van der Waals surface area (Å²) >= 11 is 0. The summed E-state index contributed by atoms with van der Waals surface area (Å²) in [5.41, 5.74) is 5.46. The van der Waals surface area contributed by atoms with E-state index in [4.69, 9.17) is 43.6 Å². The first-order chi connectivity index (χ1) is 24.7. The van der Waals surface area contributed by atoms with E-state index in [1.165, 1.54) is 0 Å². The molecule has 20 atom stereocenters. The van der Waals surface area contributed by atoms with Crippen LogP contribution in [-0.4, -0.2) is 228 Å². The summed E-state index contributed by atoms with van der Waals surface area (Å²) in [6.45, 7) is -1.97. The van der Waals surface area contributed by atoms with Crippen molar-refractivity contribution in [1.29, 1.82) is 0 Å². The maximum absolute atomic E-state index is 12.3. The number of nitrogens with two attached hydrogens (primary N) is 1. The Morgan fingerprint density at radius 2 is 0.923 bits per heavy atom. The van der Waals surface area contributed by atoms with Crippen LogP contribution in [0.1, 0.15) is 19.3 Å². The summed E-state index contributed by atoms with van der Waals surface area (Å²) in [4.78, 5) is 12.3. The molecule has 0 aromatic carbocycles. The Labute approximate surface area is 296 Å². The molecule has 0 radical (unpaired) electrons. The Hall–Kier alpha value is -1.37. The minimum absolute atomic E-state index is 0.123. The van der Waals surface area contributed by atoms with Crippen LogP contribution in [0.2, 0.25) is 0 Å². The Morgan fingerprint density at radius 1 is 0.500 bits per heavy atom. The molecule has 52 heavy (non-hydrogen) atoms. The first kappa shape index (κ1) is 43.4. The van der Waals surface area contributed by atoms with Crippen LogP contribution in [0, 0.1) is 0 Å². The van der Waals surface area contributed by atoms with Gasteiger partial charge in [-0.3, -0.25) is 0 Å². The molecular formula is C29H51NO22. The number of ether oxygens (including phenoxy) is 8. The van der Waals surface area contributed by atoms with Gasteiger partial charge in [0.05, 0.1) is 19.8 Å². The lowest BCUT2D eigenvalue weighted by Gasteiger charge is -2.48. The summed E-state index contributed by atoms with van der Waals surface area (Å²) in [5.74, 6) is -1.79. The molecule has 0 aromatic heterocycles. The predicted molar refractivity (Wildman–Crippen MR) is 161 cm³/mol. The Kier molecular flexibility index (Phi) is 16.2. The topological polar surface area (TPSA) is 380 Å². The molecule has 4 saturated heterocycles. The first-order valence-electron chi connectivity index (χ1n) is 16.8. The molecule has 0 amide bonds. The number of hydrogen-bond acceptors (Lipinski definition) is 22. The van der Waals surface area contributed by atoms with Gasteiger partial charge in [0.2, 0.25) is 0 Å². The second-order valence-corrected chi connectivity index (χ2v) is 12.9. The van der Waals surface area contributed by atoms with E-state index in [-0.39, 0.29) is 6.61 Å². The molecule has 23 nitrogen and oxygen atoms in total. The van der Waals surface area contributed by atoms with Crippen molar-refractivity contribution in [2.45, 2.75) is 142 Å². The number of rotatable bonds is 16. The van der Waals surface area contributed by atoms with Crippen LogP contribution in [0.15, 0.2) is 0 Å². The first-order valence-corrected chi connectivity index (χ1v) is 16.8. The maximum Gasteiger partial charge on any atom is 0.335 e. The number of carboxylic acids is 1. The van der Waals surface area contributed by atoms with Crippen molar-refractivity contribution in [2.75, 3.05) is 33.0 Å². The van der Waals surface area contributed by atoms with Crippen molar-refractivity contribution in [3.8, 4) is 0 Å². The van der Waals surface area contributed by atoms with E-state index >= 15 is 0 Å². The standard InChI is InChI=1S/C29H51NO22/c30-4-2-1-3-5-45-26-18(40)14(36)21(10(7-32)47-26)50-29-20(42)16(38)23(24(52-29)25(43)44)51-28-19(41)15(37)22(11(8-33)48-28)49-27-17(39)13(35)12(34)9(6-31)46-27/h9-24,26-29,31-42H,1-8,30H2,(H,43,44)/t9?,10?,11?,12-,13+,14?,15?,16?,17?,18+,19?,20+,21-,22+,23+,24?,26-,27-,28-,29-/m1/s1. The molecule has 4 aliphatic rings. The van der Waals surface area contributed by atoms with Crippen LogP contribution in [0.4, 0.5) is 0 Å². The molecule has 4 heterocycles. The summed E-state index contributed by atoms with van der Waals surface area (Å²) in [5, 5.41) is 135. The molecule has 9 unspecified atom stereocenters. The quantitative estimate of drug-likeness (QED) is 0.0649. The van der Waals surface area contributed by atoms with Crippen molar-refractivity contribution in [1.82, 2.24) is 0 Å². The van der Waals surface area contributed by atoms with Crippen molar-refractivity contribution in [2.24, 2.45) is 5.73 Å². The van der Waals surface area contributed by atoms with Gasteiger partial charge in [-0.15, -0.1) is 0 Å². The smallest absolute Gasteiger partial charge is 0.335 e. The van der Waals surface area contributed by atoms with E-state index in [1.54, 1.807) is 0 Å². The highest BCUT2D eigenvalue weighted by Gasteiger charge is 2.56. The summed E-state index contributed by atoms with van der Waals surface area (Å²) in [6.07, 6.45) is -35.0. The number of carbonyl (C=O) groups is 1. The van der Waals surface area contributed by atoms with E-state index in [0.717, 1.165) is 12.8 Å². The number of carboxylic acid groups (broad SMARTS) is 1. The van der Waals surface area contributed by atoms with Crippen molar-refractivity contribution in [3.05, 3.63) is 0 Å². The third-order valence-electron chi connectivity index (χ3n) is 9.28. The SMILES string of the molecule is NCCCCCO[C@@H]1OC(CO)[C@@H](O[C@@H]2OC(C(=O)O)[C@@H](O[C@H]3OC(CO)[C@H](O[C@H]4OC(CO)[C@@H](O)[C@H](O)C4O)C(O)C3O)C(O)[C@@H]2O)C(O)[C@@H]1O. The maximum atomic E-state index is 12.3. The number of unbranched alkanes of at least 4 members (excludes halogenated alkanes) is 2. The highest BCUT2D eigenvalue weighted by molar-refractivity contribution is 5.73. The zero-order valence-corrected chi connectivity index (χ0v) is 27.8. The molecule has 0 aliphatic carbocycles. The lowest BCUT2D eigenvalue weighted by molar-refractivity contribution is -0.385. The van der Waals surface area contributed by atoms with Gasteiger partial charge < -0.3 is 110 Å². The minimum atomic E-state index is -2.20. The van der Waals surface area contributed by atoms with Gasteiger partial charge in [-0.2, -0.15) is 0 Å². The molecule has 0 saturated carbocycles. The highest BCUT2D eigenvalue weighted by atomic mass is 16.8. The Morgan fingerprint density at radius 3 is 1.42 bits per heavy atom. The molecule has 0 aromatic rings. The average Bonchev–Trinajstić information content (AvgIpc) is 3.13. The van der Waals surface area contributed by atoms with Gasteiger partial charge in [0.1, 0.15) is 91.6 Å². The molecule has 4 rings (SSSR count). The fraction of sp³-hybridized carbons (Fsp3) is 0.966. The molecule has 0 spiro atoms. The molecule has 304 valence electrons. The lowest BCUT2D eigenvalue weighted by atomic mass is 9.95. The molecule has 4 aliphatic heterocycles. The third kappa shape index (κ3) is 9.52. The van der Waals surface area contributed by atoms with Gasteiger partial charge in [0, 0.05) is 6.61 Å². The zero-order chi connectivity index (χ0) is 38.4. The Bertz CT molecular complexity index is 1090. The summed E-state index contributed by atoms with van der Waals surface area (Å²) in [7, 11) is 0. The van der Waals surface area contributed by atoms with E-state index in [0.29, 0.717) is 13.0 Å². The van der Waals surface area contributed by atoms with Crippen LogP contribution in [0.3, 0.4) is 0 Å². The molecule has 0 bridgehead atoms. The summed E-state index contributed by atoms with van der Waals surface area (Å²) in [6, 6.07) is 0. The number of aliphatic hydroxyl groups excluding tert-OH is 12. The van der Waals surface area contributed by atoms with Crippen LogP contribution in [0.5, 0.6) is 0 Å². The minimum Gasteiger partial charge on any atom is -0.479 e. The molecule has 15 N–H and O–H groups in total. The van der Waals surface area contributed by atoms with Gasteiger partial charge in [0.25, 0.3) is 0 Å². The largest absolute Gasteiger partial charge is 0.479 e. The second-order valence-electron chi connectivity index (χ2n) is 12.9. The summed E-state index contributed by atoms with van der Waals surface area (Å²) < 4.78 is 43.6. The van der Waals surface area contributed by atoms with Gasteiger partial charge in [-0.1, -0.05) is 0 Å². The van der Waals surface area contributed by atoms with Crippen molar-refractivity contribution in [3.63, 3.8) is 0 Å². The normalized spacial score (nSPS) is 47.3. The fourth-order valence-corrected chi connectivity index (χ4v) is 6.26. The van der Waals surface area contributed by atoms with E-state index in [9.17, 15) is 71.2 Å². The van der Waals surface area contributed by atoms with E-state index < -0.39 is 149 Å². The molecule has 4 fully saturated rings. The third-order valence-corrected chi connectivity index (χ3v) is 9.28.